The van der Waals surface area contributed by atoms with Crippen molar-refractivity contribution in [2.75, 3.05) is 11.7 Å². The topological polar surface area (TPSA) is 89.0 Å². The van der Waals surface area contributed by atoms with E-state index in [4.69, 9.17) is 9.47 Å². The Labute approximate surface area is 190 Å². The molecule has 5 rings (SSSR count). The lowest BCUT2D eigenvalue weighted by Gasteiger charge is -2.25. The number of rotatable bonds is 4. The zero-order chi connectivity index (χ0) is 23.1. The smallest absolute Gasteiger partial charge is 0.300 e. The number of benzene rings is 2. The fourth-order valence-electron chi connectivity index (χ4n) is 4.18. The van der Waals surface area contributed by atoms with Crippen LogP contribution < -0.4 is 14.4 Å². The lowest BCUT2D eigenvalue weighted by molar-refractivity contribution is -0.132. The minimum absolute atomic E-state index is 0.0120. The van der Waals surface area contributed by atoms with Crippen molar-refractivity contribution in [3.05, 3.63) is 89.3 Å². The summed E-state index contributed by atoms with van der Waals surface area (Å²) in [5.74, 6) is -0.358. The van der Waals surface area contributed by atoms with Crippen LogP contribution in [0, 0.1) is 0 Å². The van der Waals surface area contributed by atoms with Crippen LogP contribution in [-0.2, 0) is 9.59 Å². The van der Waals surface area contributed by atoms with Gasteiger partial charge < -0.3 is 14.6 Å². The van der Waals surface area contributed by atoms with Crippen LogP contribution in [0.2, 0.25) is 0 Å². The number of aromatic nitrogens is 1. The molecule has 1 aromatic heterocycles. The summed E-state index contributed by atoms with van der Waals surface area (Å²) < 4.78 is 10.7. The van der Waals surface area contributed by atoms with E-state index in [0.29, 0.717) is 34.2 Å². The van der Waals surface area contributed by atoms with Gasteiger partial charge in [-0.3, -0.25) is 19.5 Å². The highest BCUT2D eigenvalue weighted by Gasteiger charge is 2.47. The van der Waals surface area contributed by atoms with Crippen molar-refractivity contribution in [1.82, 2.24) is 4.98 Å². The van der Waals surface area contributed by atoms with Crippen molar-refractivity contribution in [2.24, 2.45) is 0 Å². The number of ketones is 1. The number of aliphatic hydroxyl groups is 1. The van der Waals surface area contributed by atoms with Gasteiger partial charge in [0.25, 0.3) is 11.7 Å². The van der Waals surface area contributed by atoms with Crippen molar-refractivity contribution in [3.8, 4) is 11.5 Å². The summed E-state index contributed by atoms with van der Waals surface area (Å²) in [5, 5.41) is 11.2. The minimum Gasteiger partial charge on any atom is -0.507 e. The number of nitrogens with zero attached hydrogens (tertiary/aromatic N) is 2. The minimum atomic E-state index is -0.802. The molecule has 3 heterocycles. The van der Waals surface area contributed by atoms with Gasteiger partial charge in [0.05, 0.1) is 11.6 Å². The van der Waals surface area contributed by atoms with Crippen LogP contribution in [0.15, 0.2) is 72.6 Å². The molecule has 1 atom stereocenters. The van der Waals surface area contributed by atoms with Crippen molar-refractivity contribution in [3.63, 3.8) is 0 Å². The molecular weight excluding hydrogens is 420 g/mol. The Bertz CT molecular complexity index is 1270. The van der Waals surface area contributed by atoms with E-state index in [9.17, 15) is 14.7 Å². The predicted octanol–water partition coefficient (Wildman–Crippen LogP) is 4.56. The van der Waals surface area contributed by atoms with E-state index in [1.54, 1.807) is 42.7 Å². The molecule has 0 bridgehead atoms. The molecule has 1 saturated heterocycles. The summed E-state index contributed by atoms with van der Waals surface area (Å²) in [6, 6.07) is 15.1. The average Bonchev–Trinajstić information content (AvgIpc) is 3.41. The molecule has 2 aromatic carbocycles. The Kier molecular flexibility index (Phi) is 5.09. The van der Waals surface area contributed by atoms with E-state index in [1.165, 1.54) is 4.90 Å². The Morgan fingerprint density at radius 1 is 1.00 bits per heavy atom. The first-order valence-corrected chi connectivity index (χ1v) is 10.7. The van der Waals surface area contributed by atoms with E-state index in [1.807, 2.05) is 24.3 Å². The number of amides is 1. The number of carbonyl (C=O) groups excluding carboxylic acids is 2. The van der Waals surface area contributed by atoms with Crippen LogP contribution in [0.1, 0.15) is 42.5 Å². The molecule has 1 fully saturated rings. The SMILES string of the molecule is CC(C)c1ccc(N2C(=O)C(=O)/C(=C(\O)c3ccc4c(c3)OCO4)C2c2ccncc2)cc1. The molecule has 0 spiro atoms. The van der Waals surface area contributed by atoms with Crippen LogP contribution >= 0.6 is 0 Å². The van der Waals surface area contributed by atoms with Crippen LogP contribution in [0.3, 0.4) is 0 Å². The standard InChI is InChI=1S/C26H22N2O5/c1-15(2)16-3-6-19(7-4-16)28-23(17-9-11-27-12-10-17)22(25(30)26(28)31)24(29)18-5-8-20-21(13-18)33-14-32-20/h3-13,15,23,29H,14H2,1-2H3/b24-22-. The number of Topliss-reactive ketones (excluding diaryl/α,β-unsaturated/α-hetero) is 1. The third-order valence-corrected chi connectivity index (χ3v) is 5.95. The van der Waals surface area contributed by atoms with Crippen molar-refractivity contribution >= 4 is 23.1 Å². The van der Waals surface area contributed by atoms with Crippen molar-refractivity contribution < 1.29 is 24.2 Å². The highest BCUT2D eigenvalue weighted by atomic mass is 16.7. The molecule has 2 aliphatic heterocycles. The summed E-state index contributed by atoms with van der Waals surface area (Å²) in [4.78, 5) is 31.9. The van der Waals surface area contributed by atoms with E-state index >= 15 is 0 Å². The zero-order valence-electron chi connectivity index (χ0n) is 18.2. The van der Waals surface area contributed by atoms with Crippen molar-refractivity contribution in [1.29, 1.82) is 0 Å². The van der Waals surface area contributed by atoms with Gasteiger partial charge in [-0.2, -0.15) is 0 Å². The summed E-state index contributed by atoms with van der Waals surface area (Å²) >= 11 is 0. The van der Waals surface area contributed by atoms with Crippen LogP contribution in [0.4, 0.5) is 5.69 Å². The highest BCUT2D eigenvalue weighted by Crippen LogP contribution is 2.43. The van der Waals surface area contributed by atoms with Gasteiger partial charge in [0.15, 0.2) is 11.5 Å². The lowest BCUT2D eigenvalue weighted by Crippen LogP contribution is -2.29. The third kappa shape index (κ3) is 3.51. The van der Waals surface area contributed by atoms with E-state index in [2.05, 4.69) is 18.8 Å². The summed E-state index contributed by atoms with van der Waals surface area (Å²) in [6.45, 7) is 4.26. The monoisotopic (exact) mass is 442 g/mol. The molecule has 166 valence electrons. The molecule has 7 nitrogen and oxygen atoms in total. The maximum atomic E-state index is 13.2. The predicted molar refractivity (Wildman–Crippen MR) is 122 cm³/mol. The summed E-state index contributed by atoms with van der Waals surface area (Å²) in [6.07, 6.45) is 3.19. The van der Waals surface area contributed by atoms with Crippen molar-refractivity contribution in [2.45, 2.75) is 25.8 Å². The van der Waals surface area contributed by atoms with Gasteiger partial charge in [0.1, 0.15) is 5.76 Å². The number of anilines is 1. The maximum absolute atomic E-state index is 13.2. The van der Waals surface area contributed by atoms with Crippen LogP contribution in [0.25, 0.3) is 5.76 Å². The van der Waals surface area contributed by atoms with E-state index < -0.39 is 17.7 Å². The molecule has 2 aliphatic rings. The normalized spacial score (nSPS) is 18.9. The second-order valence-corrected chi connectivity index (χ2v) is 8.26. The van der Waals surface area contributed by atoms with E-state index in [0.717, 1.165) is 5.56 Å². The lowest BCUT2D eigenvalue weighted by atomic mass is 9.95. The number of aliphatic hydroxyl groups excluding tert-OH is 1. The third-order valence-electron chi connectivity index (χ3n) is 5.95. The van der Waals surface area contributed by atoms with Gasteiger partial charge in [-0.25, -0.2) is 0 Å². The first-order valence-electron chi connectivity index (χ1n) is 10.7. The molecule has 3 aromatic rings. The fraction of sp³-hybridized carbons (Fsp3) is 0.192. The summed E-state index contributed by atoms with van der Waals surface area (Å²) in [5.41, 5.74) is 2.74. The van der Waals surface area contributed by atoms with Crippen LogP contribution in [-0.4, -0.2) is 28.6 Å². The molecule has 1 N–H and O–H groups in total. The van der Waals surface area contributed by atoms with Gasteiger partial charge in [-0.15, -0.1) is 0 Å². The number of hydrogen-bond acceptors (Lipinski definition) is 6. The quantitative estimate of drug-likeness (QED) is 0.362. The molecule has 33 heavy (non-hydrogen) atoms. The Hall–Kier alpha value is -4.13. The summed E-state index contributed by atoms with van der Waals surface area (Å²) in [7, 11) is 0. The number of fused-ring (bicyclic) bond motifs is 1. The largest absolute Gasteiger partial charge is 0.507 e. The molecule has 0 aliphatic carbocycles. The number of hydrogen-bond donors (Lipinski definition) is 1. The van der Waals surface area contributed by atoms with Gasteiger partial charge in [0.2, 0.25) is 6.79 Å². The second kappa shape index (κ2) is 8.09. The Balaban J connectivity index is 1.66. The first kappa shape index (κ1) is 20.8. The number of ether oxygens (including phenoxy) is 2. The average molecular weight is 442 g/mol. The Morgan fingerprint density at radius 2 is 1.70 bits per heavy atom. The van der Waals surface area contributed by atoms with Gasteiger partial charge in [0, 0.05) is 23.6 Å². The van der Waals surface area contributed by atoms with E-state index in [-0.39, 0.29) is 18.1 Å². The highest BCUT2D eigenvalue weighted by molar-refractivity contribution is 6.51. The second-order valence-electron chi connectivity index (χ2n) is 8.26. The molecule has 0 saturated carbocycles. The van der Waals surface area contributed by atoms with Gasteiger partial charge >= 0.3 is 0 Å². The number of pyridine rings is 1. The number of carbonyl (C=O) groups is 2. The molecular formula is C26H22N2O5. The molecule has 1 unspecified atom stereocenters. The molecule has 1 amide bonds. The van der Waals surface area contributed by atoms with Crippen LogP contribution in [0.5, 0.6) is 11.5 Å². The van der Waals surface area contributed by atoms with Gasteiger partial charge in [-0.05, 0) is 59.5 Å². The first-order chi connectivity index (χ1) is 16.0. The Morgan fingerprint density at radius 3 is 2.39 bits per heavy atom. The fourth-order valence-corrected chi connectivity index (χ4v) is 4.18. The molecule has 7 heteroatoms. The molecule has 0 radical (unpaired) electrons. The maximum Gasteiger partial charge on any atom is 0.300 e. The zero-order valence-corrected chi connectivity index (χ0v) is 18.2. The van der Waals surface area contributed by atoms with Gasteiger partial charge in [-0.1, -0.05) is 26.0 Å².